The average Bonchev–Trinajstić information content (AvgIpc) is 2.67. The second kappa shape index (κ2) is 7.73. The average molecular weight is 325 g/mol. The number of hydrogen-bond donors (Lipinski definition) is 0. The third-order valence-corrected chi connectivity index (χ3v) is 4.17. The first-order chi connectivity index (χ1) is 11.8. The van der Waals surface area contributed by atoms with Crippen LogP contribution in [0.2, 0.25) is 0 Å². The lowest BCUT2D eigenvalue weighted by molar-refractivity contribution is 0.271. The van der Waals surface area contributed by atoms with Crippen LogP contribution in [0.5, 0.6) is 11.5 Å². The maximum absolute atomic E-state index is 5.45. The fraction of sp³-hybridized carbons (Fsp3) is 0.316. The quantitative estimate of drug-likeness (QED) is 0.792. The molecule has 0 N–H and O–H groups in total. The number of rotatable bonds is 5. The van der Waals surface area contributed by atoms with Gasteiger partial charge in [-0.1, -0.05) is 12.1 Å². The van der Waals surface area contributed by atoms with Crippen molar-refractivity contribution >= 4 is 11.9 Å². The van der Waals surface area contributed by atoms with Crippen LogP contribution in [-0.2, 0) is 0 Å². The maximum atomic E-state index is 5.45. The first-order valence-electron chi connectivity index (χ1n) is 8.11. The zero-order valence-electron chi connectivity index (χ0n) is 14.2. The smallest absolute Gasteiger partial charge is 0.142 e. The van der Waals surface area contributed by atoms with E-state index in [0.717, 1.165) is 48.9 Å². The summed E-state index contributed by atoms with van der Waals surface area (Å²) < 4.78 is 10.6. The van der Waals surface area contributed by atoms with Crippen molar-refractivity contribution in [2.45, 2.75) is 0 Å². The molecule has 1 saturated heterocycles. The van der Waals surface area contributed by atoms with Gasteiger partial charge in [0.1, 0.15) is 11.5 Å². The fourth-order valence-corrected chi connectivity index (χ4v) is 2.78. The van der Waals surface area contributed by atoms with Gasteiger partial charge in [-0.05, 0) is 42.0 Å². The van der Waals surface area contributed by atoms with E-state index in [0.29, 0.717) is 0 Å². The minimum atomic E-state index is 0.859. The number of methoxy groups -OCH3 is 2. The SMILES string of the molecule is COc1ccc(/C=N/N2CCN(c3ccccc3OC)CC2)cc1. The number of ether oxygens (including phenoxy) is 2. The van der Waals surface area contributed by atoms with Gasteiger partial charge in [-0.25, -0.2) is 0 Å². The van der Waals surface area contributed by atoms with E-state index < -0.39 is 0 Å². The number of para-hydroxylation sites is 2. The predicted octanol–water partition coefficient (Wildman–Crippen LogP) is 2.86. The van der Waals surface area contributed by atoms with Crippen molar-refractivity contribution in [2.24, 2.45) is 5.10 Å². The zero-order valence-corrected chi connectivity index (χ0v) is 14.2. The molecule has 0 radical (unpaired) electrons. The van der Waals surface area contributed by atoms with E-state index in [9.17, 15) is 0 Å². The molecule has 24 heavy (non-hydrogen) atoms. The van der Waals surface area contributed by atoms with E-state index in [2.05, 4.69) is 21.1 Å². The molecule has 0 spiro atoms. The lowest BCUT2D eigenvalue weighted by Crippen LogP contribution is -2.44. The van der Waals surface area contributed by atoms with E-state index in [1.54, 1.807) is 14.2 Å². The van der Waals surface area contributed by atoms with Crippen molar-refractivity contribution in [3.63, 3.8) is 0 Å². The third kappa shape index (κ3) is 3.79. The Hall–Kier alpha value is -2.69. The second-order valence-electron chi connectivity index (χ2n) is 5.63. The van der Waals surface area contributed by atoms with Crippen LogP contribution in [-0.4, -0.2) is 51.6 Å². The van der Waals surface area contributed by atoms with Gasteiger partial charge in [0, 0.05) is 13.1 Å². The zero-order chi connectivity index (χ0) is 16.8. The van der Waals surface area contributed by atoms with Gasteiger partial charge in [0.2, 0.25) is 0 Å². The number of piperazine rings is 1. The number of benzene rings is 2. The molecule has 0 aliphatic carbocycles. The van der Waals surface area contributed by atoms with Crippen LogP contribution < -0.4 is 14.4 Å². The second-order valence-corrected chi connectivity index (χ2v) is 5.63. The maximum Gasteiger partial charge on any atom is 0.142 e. The molecular formula is C19H23N3O2. The standard InChI is InChI=1S/C19H23N3O2/c1-23-17-9-7-16(8-10-17)15-20-22-13-11-21(12-14-22)18-5-3-4-6-19(18)24-2/h3-10,15H,11-14H2,1-2H3/b20-15+. The number of anilines is 1. The molecule has 126 valence electrons. The minimum Gasteiger partial charge on any atom is -0.497 e. The van der Waals surface area contributed by atoms with Crippen LogP contribution in [0.25, 0.3) is 0 Å². The Morgan fingerprint density at radius 1 is 0.875 bits per heavy atom. The molecule has 5 nitrogen and oxygen atoms in total. The van der Waals surface area contributed by atoms with Gasteiger partial charge in [0.05, 0.1) is 39.2 Å². The molecule has 3 rings (SSSR count). The van der Waals surface area contributed by atoms with Gasteiger partial charge >= 0.3 is 0 Å². The molecule has 0 amide bonds. The van der Waals surface area contributed by atoms with Crippen molar-refractivity contribution in [3.8, 4) is 11.5 Å². The highest BCUT2D eigenvalue weighted by molar-refractivity contribution is 5.79. The normalized spacial score (nSPS) is 14.9. The molecule has 1 heterocycles. The summed E-state index contributed by atoms with van der Waals surface area (Å²) >= 11 is 0. The van der Waals surface area contributed by atoms with Crippen LogP contribution in [0.1, 0.15) is 5.56 Å². The molecule has 0 saturated carbocycles. The van der Waals surface area contributed by atoms with Gasteiger partial charge in [-0.15, -0.1) is 0 Å². The highest BCUT2D eigenvalue weighted by atomic mass is 16.5. The first-order valence-corrected chi connectivity index (χ1v) is 8.11. The molecular weight excluding hydrogens is 302 g/mol. The summed E-state index contributed by atoms with van der Waals surface area (Å²) in [7, 11) is 3.39. The van der Waals surface area contributed by atoms with Gasteiger partial charge in [-0.2, -0.15) is 5.10 Å². The Kier molecular flexibility index (Phi) is 5.21. The molecule has 2 aromatic carbocycles. The summed E-state index contributed by atoms with van der Waals surface area (Å²) in [6, 6.07) is 16.1. The van der Waals surface area contributed by atoms with Crippen LogP contribution in [0, 0.1) is 0 Å². The summed E-state index contributed by atoms with van der Waals surface area (Å²) in [4.78, 5) is 2.35. The van der Waals surface area contributed by atoms with Gasteiger partial charge in [0.15, 0.2) is 0 Å². The molecule has 1 fully saturated rings. The van der Waals surface area contributed by atoms with E-state index in [1.165, 1.54) is 0 Å². The van der Waals surface area contributed by atoms with Crippen molar-refractivity contribution < 1.29 is 9.47 Å². The molecule has 0 bridgehead atoms. The monoisotopic (exact) mass is 325 g/mol. The van der Waals surface area contributed by atoms with Gasteiger partial charge < -0.3 is 14.4 Å². The summed E-state index contributed by atoms with van der Waals surface area (Å²) in [6.45, 7) is 3.65. The van der Waals surface area contributed by atoms with Crippen molar-refractivity contribution in [2.75, 3.05) is 45.3 Å². The van der Waals surface area contributed by atoms with Gasteiger partial charge in [-0.3, -0.25) is 5.01 Å². The summed E-state index contributed by atoms with van der Waals surface area (Å²) in [5.41, 5.74) is 2.22. The number of hydrogen-bond acceptors (Lipinski definition) is 5. The summed E-state index contributed by atoms with van der Waals surface area (Å²) in [5, 5.41) is 6.70. The molecule has 0 unspecified atom stereocenters. The summed E-state index contributed by atoms with van der Waals surface area (Å²) in [5.74, 6) is 1.78. The Bertz CT molecular complexity index is 677. The summed E-state index contributed by atoms with van der Waals surface area (Å²) in [6.07, 6.45) is 1.90. The molecule has 2 aromatic rings. The number of hydrazone groups is 1. The predicted molar refractivity (Wildman–Crippen MR) is 97.4 cm³/mol. The highest BCUT2D eigenvalue weighted by Crippen LogP contribution is 2.28. The lowest BCUT2D eigenvalue weighted by Gasteiger charge is -2.35. The largest absolute Gasteiger partial charge is 0.497 e. The van der Waals surface area contributed by atoms with E-state index in [-0.39, 0.29) is 0 Å². The lowest BCUT2D eigenvalue weighted by atomic mass is 10.2. The Balaban J connectivity index is 1.57. The van der Waals surface area contributed by atoms with E-state index >= 15 is 0 Å². The number of nitrogens with zero attached hydrogens (tertiary/aromatic N) is 3. The first kappa shape index (κ1) is 16.2. The molecule has 1 aliphatic rings. The molecule has 1 aliphatic heterocycles. The van der Waals surface area contributed by atoms with Crippen LogP contribution in [0.15, 0.2) is 53.6 Å². The van der Waals surface area contributed by atoms with Crippen molar-refractivity contribution in [1.82, 2.24) is 5.01 Å². The van der Waals surface area contributed by atoms with Crippen molar-refractivity contribution in [1.29, 1.82) is 0 Å². The molecule has 5 heteroatoms. The van der Waals surface area contributed by atoms with E-state index in [1.807, 2.05) is 48.7 Å². The van der Waals surface area contributed by atoms with E-state index in [4.69, 9.17) is 9.47 Å². The third-order valence-electron chi connectivity index (χ3n) is 4.17. The van der Waals surface area contributed by atoms with Crippen LogP contribution in [0.4, 0.5) is 5.69 Å². The Morgan fingerprint density at radius 3 is 2.25 bits per heavy atom. The highest BCUT2D eigenvalue weighted by Gasteiger charge is 2.18. The molecule has 0 aromatic heterocycles. The Morgan fingerprint density at radius 2 is 1.58 bits per heavy atom. The van der Waals surface area contributed by atoms with Gasteiger partial charge in [0.25, 0.3) is 0 Å². The van der Waals surface area contributed by atoms with Crippen LogP contribution in [0.3, 0.4) is 0 Å². The minimum absolute atomic E-state index is 0.859. The Labute approximate surface area is 143 Å². The van der Waals surface area contributed by atoms with Crippen LogP contribution >= 0.6 is 0 Å². The fourth-order valence-electron chi connectivity index (χ4n) is 2.78. The molecule has 0 atom stereocenters. The topological polar surface area (TPSA) is 37.3 Å². The van der Waals surface area contributed by atoms with Crippen molar-refractivity contribution in [3.05, 3.63) is 54.1 Å².